The van der Waals surface area contributed by atoms with Crippen LogP contribution < -0.4 is 5.32 Å². The van der Waals surface area contributed by atoms with E-state index in [4.69, 9.17) is 0 Å². The van der Waals surface area contributed by atoms with Crippen LogP contribution in [0.5, 0.6) is 0 Å². The molecule has 2 aliphatic heterocycles. The second-order valence-electron chi connectivity index (χ2n) is 8.45. The summed E-state index contributed by atoms with van der Waals surface area (Å²) in [6, 6.07) is 5.54. The fourth-order valence-electron chi connectivity index (χ4n) is 4.40. The molecule has 2 aromatic rings. The maximum Gasteiger partial charge on any atom is 0.321 e. The Morgan fingerprint density at radius 3 is 2.77 bits per heavy atom. The van der Waals surface area contributed by atoms with Gasteiger partial charge in [0, 0.05) is 37.4 Å². The van der Waals surface area contributed by atoms with Crippen LogP contribution in [0.25, 0.3) is 0 Å². The van der Waals surface area contributed by atoms with E-state index in [-0.39, 0.29) is 11.9 Å². The number of aromatic amines is 1. The minimum absolute atomic E-state index is 0.0224. The van der Waals surface area contributed by atoms with Crippen molar-refractivity contribution in [2.75, 3.05) is 31.5 Å². The van der Waals surface area contributed by atoms with Gasteiger partial charge in [-0.25, -0.2) is 4.79 Å². The lowest BCUT2D eigenvalue weighted by molar-refractivity contribution is 0.0639. The highest BCUT2D eigenvalue weighted by atomic mass is 16.2. The largest absolute Gasteiger partial charge is 0.322 e. The number of piperazine rings is 1. The van der Waals surface area contributed by atoms with Gasteiger partial charge in [0.15, 0.2) is 5.82 Å². The van der Waals surface area contributed by atoms with Gasteiger partial charge in [-0.3, -0.25) is 19.8 Å². The summed E-state index contributed by atoms with van der Waals surface area (Å²) in [7, 11) is 0. The molecule has 2 aliphatic rings. The third kappa shape index (κ3) is 3.43. The summed E-state index contributed by atoms with van der Waals surface area (Å²) in [5.41, 5.74) is 1.48. The van der Waals surface area contributed by atoms with Gasteiger partial charge in [-0.2, -0.15) is 5.10 Å². The van der Waals surface area contributed by atoms with E-state index in [1.165, 1.54) is 0 Å². The van der Waals surface area contributed by atoms with Crippen LogP contribution in [0, 0.1) is 0 Å². The van der Waals surface area contributed by atoms with Crippen molar-refractivity contribution in [2.24, 2.45) is 0 Å². The SMILES string of the molecule is CCN1CCN(C(=O)N2Cc3c(NC(=O)c4ccccn4)n[nH]c3C2(C)C)CC1C. The number of H-pyrrole nitrogens is 1. The van der Waals surface area contributed by atoms with Gasteiger partial charge in [0.05, 0.1) is 17.8 Å². The minimum Gasteiger partial charge on any atom is -0.322 e. The highest BCUT2D eigenvalue weighted by molar-refractivity contribution is 6.02. The van der Waals surface area contributed by atoms with Gasteiger partial charge in [0.2, 0.25) is 0 Å². The standard InChI is InChI=1S/C21H29N7O2/c1-5-26-10-11-27(12-14(26)2)20(30)28-13-15-17(21(28,3)4)24-25-18(15)23-19(29)16-8-6-7-9-22-16/h6-9,14H,5,10-13H2,1-4H3,(H2,23,24,25,29). The van der Waals surface area contributed by atoms with Gasteiger partial charge in [-0.15, -0.1) is 0 Å². The Kier molecular flexibility index (Phi) is 5.23. The topological polar surface area (TPSA) is 97.5 Å². The zero-order chi connectivity index (χ0) is 21.5. The number of nitrogens with one attached hydrogen (secondary N) is 2. The Hall–Kier alpha value is -2.94. The summed E-state index contributed by atoms with van der Waals surface area (Å²) in [5.74, 6) is 0.130. The normalized spacial score (nSPS) is 20.9. The molecular weight excluding hydrogens is 382 g/mol. The summed E-state index contributed by atoms with van der Waals surface area (Å²) in [6.45, 7) is 12.0. The molecule has 30 heavy (non-hydrogen) atoms. The van der Waals surface area contributed by atoms with E-state index in [9.17, 15) is 9.59 Å². The second-order valence-corrected chi connectivity index (χ2v) is 8.45. The summed E-state index contributed by atoms with van der Waals surface area (Å²) in [5, 5.41) is 10.2. The first-order valence-corrected chi connectivity index (χ1v) is 10.4. The van der Waals surface area contributed by atoms with Crippen molar-refractivity contribution in [3.05, 3.63) is 41.3 Å². The Morgan fingerprint density at radius 1 is 1.30 bits per heavy atom. The molecule has 4 rings (SSSR count). The molecule has 160 valence electrons. The van der Waals surface area contributed by atoms with Crippen LogP contribution in [0.2, 0.25) is 0 Å². The number of hydrogen-bond acceptors (Lipinski definition) is 5. The van der Waals surface area contributed by atoms with Gasteiger partial charge in [-0.1, -0.05) is 13.0 Å². The molecule has 0 bridgehead atoms. The van der Waals surface area contributed by atoms with E-state index in [1.807, 2.05) is 23.6 Å². The molecule has 0 aromatic carbocycles. The van der Waals surface area contributed by atoms with E-state index in [0.29, 0.717) is 30.6 Å². The molecule has 0 spiro atoms. The van der Waals surface area contributed by atoms with Crippen LogP contribution in [0.3, 0.4) is 0 Å². The van der Waals surface area contributed by atoms with Crippen molar-refractivity contribution >= 4 is 17.8 Å². The van der Waals surface area contributed by atoms with Crippen molar-refractivity contribution < 1.29 is 9.59 Å². The first-order chi connectivity index (χ1) is 14.3. The Labute approximate surface area is 176 Å². The first-order valence-electron chi connectivity index (χ1n) is 10.4. The van der Waals surface area contributed by atoms with Crippen molar-refractivity contribution in [3.8, 4) is 0 Å². The van der Waals surface area contributed by atoms with E-state index < -0.39 is 5.54 Å². The zero-order valence-corrected chi connectivity index (χ0v) is 18.0. The van der Waals surface area contributed by atoms with Crippen LogP contribution in [-0.4, -0.2) is 74.0 Å². The molecule has 0 aliphatic carbocycles. The predicted octanol–water partition coefficient (Wildman–Crippen LogP) is 2.25. The highest BCUT2D eigenvalue weighted by Crippen LogP contribution is 2.41. The average Bonchev–Trinajstić information content (AvgIpc) is 3.26. The monoisotopic (exact) mass is 411 g/mol. The fourth-order valence-corrected chi connectivity index (χ4v) is 4.40. The summed E-state index contributed by atoms with van der Waals surface area (Å²) >= 11 is 0. The fraction of sp³-hybridized carbons (Fsp3) is 0.524. The summed E-state index contributed by atoms with van der Waals surface area (Å²) < 4.78 is 0. The van der Waals surface area contributed by atoms with Gasteiger partial charge in [0.1, 0.15) is 5.69 Å². The molecule has 9 heteroatoms. The third-order valence-electron chi connectivity index (χ3n) is 6.27. The third-order valence-corrected chi connectivity index (χ3v) is 6.27. The number of aromatic nitrogens is 3. The molecule has 1 atom stereocenters. The Bertz CT molecular complexity index is 940. The number of amides is 3. The average molecular weight is 412 g/mol. The lowest BCUT2D eigenvalue weighted by atomic mass is 10.0. The number of hydrogen-bond donors (Lipinski definition) is 2. The molecule has 1 saturated heterocycles. The minimum atomic E-state index is -0.543. The number of rotatable bonds is 3. The second kappa shape index (κ2) is 7.71. The number of carbonyl (C=O) groups excluding carboxylic acids is 2. The number of urea groups is 1. The van der Waals surface area contributed by atoms with Gasteiger partial charge in [0.25, 0.3) is 5.91 Å². The van der Waals surface area contributed by atoms with Crippen molar-refractivity contribution in [3.63, 3.8) is 0 Å². The van der Waals surface area contributed by atoms with Crippen LogP contribution in [0.1, 0.15) is 49.4 Å². The predicted molar refractivity (Wildman–Crippen MR) is 113 cm³/mol. The van der Waals surface area contributed by atoms with E-state index in [0.717, 1.165) is 30.9 Å². The number of carbonyl (C=O) groups is 2. The quantitative estimate of drug-likeness (QED) is 0.807. The zero-order valence-electron chi connectivity index (χ0n) is 18.0. The van der Waals surface area contributed by atoms with Crippen LogP contribution in [0.4, 0.5) is 10.6 Å². The molecule has 1 fully saturated rings. The molecular formula is C21H29N7O2. The molecule has 9 nitrogen and oxygen atoms in total. The summed E-state index contributed by atoms with van der Waals surface area (Å²) in [6.07, 6.45) is 1.58. The molecule has 0 saturated carbocycles. The van der Waals surface area contributed by atoms with Crippen molar-refractivity contribution in [1.29, 1.82) is 0 Å². The number of fused-ring (bicyclic) bond motifs is 1. The molecule has 1 unspecified atom stereocenters. The highest BCUT2D eigenvalue weighted by Gasteiger charge is 2.45. The number of likely N-dealkylation sites (N-methyl/N-ethyl adjacent to an activating group) is 1. The van der Waals surface area contributed by atoms with Crippen molar-refractivity contribution in [2.45, 2.75) is 45.8 Å². The lowest BCUT2D eigenvalue weighted by Gasteiger charge is -2.43. The molecule has 2 aromatic heterocycles. The Morgan fingerprint density at radius 2 is 2.10 bits per heavy atom. The lowest BCUT2D eigenvalue weighted by Crippen LogP contribution is -2.57. The van der Waals surface area contributed by atoms with Gasteiger partial charge < -0.3 is 15.1 Å². The number of nitrogens with zero attached hydrogens (tertiary/aromatic N) is 5. The first kappa shape index (κ1) is 20.3. The molecule has 3 amide bonds. The number of pyridine rings is 1. The van der Waals surface area contributed by atoms with Gasteiger partial charge in [-0.05, 0) is 39.4 Å². The van der Waals surface area contributed by atoms with E-state index in [2.05, 4.69) is 39.2 Å². The molecule has 0 radical (unpaired) electrons. The maximum atomic E-state index is 13.4. The van der Waals surface area contributed by atoms with Crippen LogP contribution in [0.15, 0.2) is 24.4 Å². The van der Waals surface area contributed by atoms with Gasteiger partial charge >= 0.3 is 6.03 Å². The van der Waals surface area contributed by atoms with E-state index in [1.54, 1.807) is 24.4 Å². The van der Waals surface area contributed by atoms with Crippen molar-refractivity contribution in [1.82, 2.24) is 29.9 Å². The number of anilines is 1. The van der Waals surface area contributed by atoms with E-state index >= 15 is 0 Å². The summed E-state index contributed by atoms with van der Waals surface area (Å²) in [4.78, 5) is 36.2. The Balaban J connectivity index is 1.51. The molecule has 2 N–H and O–H groups in total. The smallest absolute Gasteiger partial charge is 0.321 e. The van der Waals surface area contributed by atoms with Crippen LogP contribution >= 0.6 is 0 Å². The van der Waals surface area contributed by atoms with Crippen LogP contribution in [-0.2, 0) is 12.1 Å². The molecule has 4 heterocycles. The maximum absolute atomic E-state index is 13.4.